The molecule has 7 nitrogen and oxygen atoms in total. The van der Waals surface area contributed by atoms with Gasteiger partial charge in [-0.3, -0.25) is 9.69 Å². The maximum absolute atomic E-state index is 12.6. The molecule has 1 fully saturated rings. The van der Waals surface area contributed by atoms with Crippen LogP contribution in [0.25, 0.3) is 22.3 Å². The lowest BCUT2D eigenvalue weighted by atomic mass is 10.1. The molecular formula is C21H23N3O4. The van der Waals surface area contributed by atoms with Crippen LogP contribution in [0.3, 0.4) is 0 Å². The highest BCUT2D eigenvalue weighted by atomic mass is 16.5. The molecule has 0 atom stereocenters. The third kappa shape index (κ3) is 3.72. The van der Waals surface area contributed by atoms with Crippen LogP contribution in [0.2, 0.25) is 0 Å². The first-order valence-corrected chi connectivity index (χ1v) is 9.23. The van der Waals surface area contributed by atoms with E-state index in [9.17, 15) is 4.79 Å². The number of nitrogens with one attached hydrogen (secondary N) is 1. The van der Waals surface area contributed by atoms with Gasteiger partial charge >= 0.3 is 0 Å². The summed E-state index contributed by atoms with van der Waals surface area (Å²) >= 11 is 0. The molecule has 1 aliphatic heterocycles. The molecule has 0 unspecified atom stereocenters. The van der Waals surface area contributed by atoms with Gasteiger partial charge in [-0.25, -0.2) is 4.98 Å². The number of rotatable bonds is 5. The number of aromatic amines is 1. The van der Waals surface area contributed by atoms with Crippen molar-refractivity contribution in [1.82, 2.24) is 14.9 Å². The van der Waals surface area contributed by atoms with Crippen molar-refractivity contribution in [3.05, 3.63) is 52.3 Å². The summed E-state index contributed by atoms with van der Waals surface area (Å²) in [5, 5.41) is 0.413. The summed E-state index contributed by atoms with van der Waals surface area (Å²) in [7, 11) is 3.09. The average Bonchev–Trinajstić information content (AvgIpc) is 2.74. The number of nitrogens with zero attached hydrogens (tertiary/aromatic N) is 2. The molecule has 0 spiro atoms. The molecule has 1 saturated heterocycles. The standard InChI is InChI=1S/C21H23N3O4/c1-26-16-11-17-19(18(12-16)27-2)21(25)23-20(22-17)15-5-3-14(4-6-15)13-24-7-9-28-10-8-24/h3-6,11-12H,7-10,13H2,1-2H3,(H,22,23,25). The zero-order chi connectivity index (χ0) is 19.5. The lowest BCUT2D eigenvalue weighted by molar-refractivity contribution is 0.0342. The summed E-state index contributed by atoms with van der Waals surface area (Å²) in [5.74, 6) is 1.55. The van der Waals surface area contributed by atoms with E-state index in [-0.39, 0.29) is 5.56 Å². The molecule has 1 N–H and O–H groups in total. The Morgan fingerprint density at radius 3 is 2.54 bits per heavy atom. The Labute approximate surface area is 162 Å². The molecule has 2 heterocycles. The van der Waals surface area contributed by atoms with Crippen molar-refractivity contribution in [3.63, 3.8) is 0 Å². The van der Waals surface area contributed by atoms with Gasteiger partial charge in [-0.05, 0) is 5.56 Å². The molecule has 7 heteroatoms. The van der Waals surface area contributed by atoms with E-state index in [1.807, 2.05) is 12.1 Å². The molecule has 0 saturated carbocycles. The van der Waals surface area contributed by atoms with Crippen molar-refractivity contribution >= 4 is 10.9 Å². The Bertz CT molecular complexity index is 1020. The van der Waals surface area contributed by atoms with E-state index in [0.29, 0.717) is 28.2 Å². The van der Waals surface area contributed by atoms with Gasteiger partial charge in [0.2, 0.25) is 0 Å². The fraction of sp³-hybridized carbons (Fsp3) is 0.333. The normalized spacial score (nSPS) is 14.9. The predicted molar refractivity (Wildman–Crippen MR) is 107 cm³/mol. The van der Waals surface area contributed by atoms with Crippen molar-refractivity contribution in [3.8, 4) is 22.9 Å². The maximum atomic E-state index is 12.6. The molecule has 1 aliphatic rings. The molecule has 146 valence electrons. The molecule has 0 bridgehead atoms. The smallest absolute Gasteiger partial charge is 0.262 e. The second-order valence-electron chi connectivity index (χ2n) is 6.72. The zero-order valence-corrected chi connectivity index (χ0v) is 16.0. The minimum Gasteiger partial charge on any atom is -0.497 e. The third-order valence-electron chi connectivity index (χ3n) is 4.94. The Morgan fingerprint density at radius 1 is 1.11 bits per heavy atom. The first-order chi connectivity index (χ1) is 13.7. The lowest BCUT2D eigenvalue weighted by Crippen LogP contribution is -2.35. The Balaban J connectivity index is 1.65. The number of methoxy groups -OCH3 is 2. The fourth-order valence-electron chi connectivity index (χ4n) is 3.41. The summed E-state index contributed by atoms with van der Waals surface area (Å²) in [6, 6.07) is 11.5. The molecule has 0 aliphatic carbocycles. The fourth-order valence-corrected chi connectivity index (χ4v) is 3.41. The summed E-state index contributed by atoms with van der Waals surface area (Å²) in [6.45, 7) is 4.36. The monoisotopic (exact) mass is 381 g/mol. The Morgan fingerprint density at radius 2 is 1.86 bits per heavy atom. The van der Waals surface area contributed by atoms with Crippen LogP contribution in [0.4, 0.5) is 0 Å². The van der Waals surface area contributed by atoms with Crippen LogP contribution in [0, 0.1) is 0 Å². The van der Waals surface area contributed by atoms with E-state index in [2.05, 4.69) is 27.0 Å². The highest BCUT2D eigenvalue weighted by Crippen LogP contribution is 2.28. The molecule has 3 aromatic rings. The number of hydrogen-bond donors (Lipinski definition) is 1. The minimum atomic E-state index is -0.239. The van der Waals surface area contributed by atoms with Crippen LogP contribution in [0.15, 0.2) is 41.2 Å². The van der Waals surface area contributed by atoms with Crippen molar-refractivity contribution in [2.45, 2.75) is 6.54 Å². The Hall–Kier alpha value is -2.90. The number of H-pyrrole nitrogens is 1. The van der Waals surface area contributed by atoms with Gasteiger partial charge in [0.05, 0.1) is 33.0 Å². The molecule has 0 radical (unpaired) electrons. The number of fused-ring (bicyclic) bond motifs is 1. The first kappa shape index (κ1) is 18.5. The average molecular weight is 381 g/mol. The van der Waals surface area contributed by atoms with Crippen molar-refractivity contribution in [2.24, 2.45) is 0 Å². The largest absolute Gasteiger partial charge is 0.497 e. The highest BCUT2D eigenvalue weighted by Gasteiger charge is 2.14. The van der Waals surface area contributed by atoms with Crippen LogP contribution >= 0.6 is 0 Å². The molecular weight excluding hydrogens is 358 g/mol. The second-order valence-corrected chi connectivity index (χ2v) is 6.72. The molecule has 4 rings (SSSR count). The van der Waals surface area contributed by atoms with E-state index >= 15 is 0 Å². The number of benzene rings is 2. The van der Waals surface area contributed by atoms with Crippen LogP contribution < -0.4 is 15.0 Å². The summed E-state index contributed by atoms with van der Waals surface area (Å²) in [5.41, 5.74) is 2.37. The summed E-state index contributed by atoms with van der Waals surface area (Å²) in [4.78, 5) is 22.5. The van der Waals surface area contributed by atoms with Crippen molar-refractivity contribution in [2.75, 3.05) is 40.5 Å². The van der Waals surface area contributed by atoms with Crippen molar-refractivity contribution in [1.29, 1.82) is 0 Å². The second kappa shape index (κ2) is 8.00. The third-order valence-corrected chi connectivity index (χ3v) is 4.94. The quantitative estimate of drug-likeness (QED) is 0.732. The summed E-state index contributed by atoms with van der Waals surface area (Å²) in [6.07, 6.45) is 0. The number of hydrogen-bond acceptors (Lipinski definition) is 6. The van der Waals surface area contributed by atoms with Gasteiger partial charge in [0.15, 0.2) is 0 Å². The van der Waals surface area contributed by atoms with E-state index in [0.717, 1.165) is 38.4 Å². The van der Waals surface area contributed by atoms with E-state index in [4.69, 9.17) is 14.2 Å². The number of aromatic nitrogens is 2. The van der Waals surface area contributed by atoms with Gasteiger partial charge in [-0.1, -0.05) is 24.3 Å². The van der Waals surface area contributed by atoms with E-state index in [1.165, 1.54) is 12.7 Å². The van der Waals surface area contributed by atoms with Crippen molar-refractivity contribution < 1.29 is 14.2 Å². The highest BCUT2D eigenvalue weighted by molar-refractivity contribution is 5.87. The predicted octanol–water partition coefficient (Wildman–Crippen LogP) is 2.44. The van der Waals surface area contributed by atoms with Crippen LogP contribution in [0.5, 0.6) is 11.5 Å². The topological polar surface area (TPSA) is 76.7 Å². The Kier molecular flexibility index (Phi) is 5.27. The first-order valence-electron chi connectivity index (χ1n) is 9.23. The van der Waals surface area contributed by atoms with Gasteiger partial charge < -0.3 is 19.2 Å². The maximum Gasteiger partial charge on any atom is 0.262 e. The van der Waals surface area contributed by atoms with Crippen LogP contribution in [-0.4, -0.2) is 55.4 Å². The summed E-state index contributed by atoms with van der Waals surface area (Å²) < 4.78 is 16.0. The lowest BCUT2D eigenvalue weighted by Gasteiger charge is -2.26. The SMILES string of the molecule is COc1cc(OC)c2c(=O)[nH]c(-c3ccc(CN4CCOCC4)cc3)nc2c1. The van der Waals surface area contributed by atoms with E-state index < -0.39 is 0 Å². The van der Waals surface area contributed by atoms with Gasteiger partial charge in [0.1, 0.15) is 22.7 Å². The molecule has 28 heavy (non-hydrogen) atoms. The molecule has 1 aromatic heterocycles. The van der Waals surface area contributed by atoms with Gasteiger partial charge in [0.25, 0.3) is 5.56 Å². The van der Waals surface area contributed by atoms with Gasteiger partial charge in [0, 0.05) is 37.3 Å². The zero-order valence-electron chi connectivity index (χ0n) is 16.0. The number of ether oxygens (including phenoxy) is 3. The van der Waals surface area contributed by atoms with Crippen LogP contribution in [-0.2, 0) is 11.3 Å². The van der Waals surface area contributed by atoms with E-state index in [1.54, 1.807) is 19.2 Å². The number of morpholine rings is 1. The minimum absolute atomic E-state index is 0.239. The van der Waals surface area contributed by atoms with Gasteiger partial charge in [-0.2, -0.15) is 0 Å². The molecule has 0 amide bonds. The van der Waals surface area contributed by atoms with Gasteiger partial charge in [-0.15, -0.1) is 0 Å². The molecule has 2 aromatic carbocycles. The van der Waals surface area contributed by atoms with Crippen LogP contribution in [0.1, 0.15) is 5.56 Å².